The van der Waals surface area contributed by atoms with Gasteiger partial charge < -0.3 is 19.7 Å². The molecule has 1 unspecified atom stereocenters. The van der Waals surface area contributed by atoms with E-state index in [1.54, 1.807) is 47.4 Å². The molecule has 7 heteroatoms. The topological polar surface area (TPSA) is 67.9 Å². The van der Waals surface area contributed by atoms with Crippen LogP contribution in [-0.4, -0.2) is 29.9 Å². The van der Waals surface area contributed by atoms with Gasteiger partial charge in [-0.05, 0) is 55.0 Å². The first kappa shape index (κ1) is 21.4. The molecule has 0 saturated carbocycles. The number of halogens is 1. The highest BCUT2D eigenvalue weighted by molar-refractivity contribution is 5.92. The van der Waals surface area contributed by atoms with E-state index >= 15 is 0 Å². The van der Waals surface area contributed by atoms with Gasteiger partial charge in [-0.3, -0.25) is 9.59 Å². The number of hydrogen-bond donors (Lipinski definition) is 1. The fourth-order valence-corrected chi connectivity index (χ4v) is 3.55. The van der Waals surface area contributed by atoms with Crippen molar-refractivity contribution in [2.45, 2.75) is 19.5 Å². The second kappa shape index (κ2) is 9.51. The second-order valence-corrected chi connectivity index (χ2v) is 7.51. The van der Waals surface area contributed by atoms with Gasteiger partial charge >= 0.3 is 0 Å². The van der Waals surface area contributed by atoms with Crippen molar-refractivity contribution in [3.63, 3.8) is 0 Å². The Hall–Kier alpha value is -3.87. The Kier molecular flexibility index (Phi) is 6.35. The van der Waals surface area contributed by atoms with E-state index in [0.717, 1.165) is 11.1 Å². The summed E-state index contributed by atoms with van der Waals surface area (Å²) in [4.78, 5) is 26.7. The normalized spacial score (nSPS) is 14.1. The van der Waals surface area contributed by atoms with Crippen molar-refractivity contribution in [1.82, 2.24) is 4.90 Å². The molecule has 164 valence electrons. The molecule has 0 bridgehead atoms. The zero-order valence-electron chi connectivity index (χ0n) is 17.6. The molecule has 0 aromatic heterocycles. The zero-order chi connectivity index (χ0) is 22.5. The average Bonchev–Trinajstić information content (AvgIpc) is 2.97. The number of para-hydroxylation sites is 1. The molecular formula is C25H23FN2O4. The molecule has 2 amide bonds. The number of ether oxygens (including phenoxy) is 2. The molecule has 1 atom stereocenters. The van der Waals surface area contributed by atoms with E-state index in [4.69, 9.17) is 9.47 Å². The largest absolute Gasteiger partial charge is 0.484 e. The molecule has 1 N–H and O–H groups in total. The Morgan fingerprint density at radius 2 is 1.88 bits per heavy atom. The number of hydrogen-bond acceptors (Lipinski definition) is 4. The summed E-state index contributed by atoms with van der Waals surface area (Å²) in [6, 6.07) is 20.2. The van der Waals surface area contributed by atoms with E-state index in [0.29, 0.717) is 23.7 Å². The SMILES string of the molecule is CC(c1ccc(F)cc1)N1Cc2cc(NC(=O)COc3ccccc3)ccc2OCC1=O. The van der Waals surface area contributed by atoms with Crippen molar-refractivity contribution in [2.24, 2.45) is 0 Å². The van der Waals surface area contributed by atoms with Crippen LogP contribution in [0.3, 0.4) is 0 Å². The van der Waals surface area contributed by atoms with E-state index in [9.17, 15) is 14.0 Å². The molecular weight excluding hydrogens is 411 g/mol. The molecule has 4 rings (SSSR count). The minimum absolute atomic E-state index is 0.0881. The summed E-state index contributed by atoms with van der Waals surface area (Å²) in [5.74, 6) is 0.414. The van der Waals surface area contributed by atoms with Gasteiger partial charge in [0.2, 0.25) is 0 Å². The maximum Gasteiger partial charge on any atom is 0.262 e. The van der Waals surface area contributed by atoms with Crippen molar-refractivity contribution in [1.29, 1.82) is 0 Å². The molecule has 3 aromatic rings. The van der Waals surface area contributed by atoms with E-state index < -0.39 is 0 Å². The Morgan fingerprint density at radius 3 is 2.62 bits per heavy atom. The molecule has 1 heterocycles. The fraction of sp³-hybridized carbons (Fsp3) is 0.200. The lowest BCUT2D eigenvalue weighted by molar-refractivity contribution is -0.135. The van der Waals surface area contributed by atoms with Gasteiger partial charge in [0.25, 0.3) is 11.8 Å². The third-order valence-corrected chi connectivity index (χ3v) is 5.29. The average molecular weight is 434 g/mol. The minimum atomic E-state index is -0.326. The Morgan fingerprint density at radius 1 is 1.12 bits per heavy atom. The van der Waals surface area contributed by atoms with E-state index in [1.807, 2.05) is 25.1 Å². The number of rotatable bonds is 6. The molecule has 0 aliphatic carbocycles. The number of benzene rings is 3. The highest BCUT2D eigenvalue weighted by Gasteiger charge is 2.27. The van der Waals surface area contributed by atoms with Crippen molar-refractivity contribution in [3.8, 4) is 11.5 Å². The van der Waals surface area contributed by atoms with Crippen LogP contribution >= 0.6 is 0 Å². The molecule has 0 radical (unpaired) electrons. The first-order valence-electron chi connectivity index (χ1n) is 10.3. The summed E-state index contributed by atoms with van der Waals surface area (Å²) < 4.78 is 24.4. The second-order valence-electron chi connectivity index (χ2n) is 7.51. The van der Waals surface area contributed by atoms with E-state index in [2.05, 4.69) is 5.32 Å². The lowest BCUT2D eigenvalue weighted by Crippen LogP contribution is -2.34. The van der Waals surface area contributed by atoms with Gasteiger partial charge in [0.15, 0.2) is 13.2 Å². The maximum absolute atomic E-state index is 13.3. The van der Waals surface area contributed by atoms with Crippen molar-refractivity contribution in [2.75, 3.05) is 18.5 Å². The van der Waals surface area contributed by atoms with Gasteiger partial charge in [0, 0.05) is 11.3 Å². The van der Waals surface area contributed by atoms with Crippen LogP contribution in [0.2, 0.25) is 0 Å². The number of carbonyl (C=O) groups excluding carboxylic acids is 2. The third-order valence-electron chi connectivity index (χ3n) is 5.29. The lowest BCUT2D eigenvalue weighted by atomic mass is 10.1. The number of nitrogens with zero attached hydrogens (tertiary/aromatic N) is 1. The molecule has 0 saturated heterocycles. The highest BCUT2D eigenvalue weighted by atomic mass is 19.1. The van der Waals surface area contributed by atoms with Crippen LogP contribution in [0.25, 0.3) is 0 Å². The fourth-order valence-electron chi connectivity index (χ4n) is 3.55. The number of nitrogens with one attached hydrogen (secondary N) is 1. The lowest BCUT2D eigenvalue weighted by Gasteiger charge is -2.28. The predicted octanol–water partition coefficient (Wildman–Crippen LogP) is 4.33. The number of carbonyl (C=O) groups is 2. The molecule has 6 nitrogen and oxygen atoms in total. The maximum atomic E-state index is 13.3. The Balaban J connectivity index is 1.46. The first-order chi connectivity index (χ1) is 15.5. The summed E-state index contributed by atoms with van der Waals surface area (Å²) in [6.07, 6.45) is 0. The highest BCUT2D eigenvalue weighted by Crippen LogP contribution is 2.31. The molecule has 1 aliphatic rings. The molecule has 3 aromatic carbocycles. The van der Waals surface area contributed by atoms with E-state index in [-0.39, 0.29) is 36.9 Å². The van der Waals surface area contributed by atoms with Gasteiger partial charge in [0.1, 0.15) is 17.3 Å². The molecule has 32 heavy (non-hydrogen) atoms. The van der Waals surface area contributed by atoms with Gasteiger partial charge in [-0.2, -0.15) is 0 Å². The van der Waals surface area contributed by atoms with Crippen molar-refractivity contribution >= 4 is 17.5 Å². The summed E-state index contributed by atoms with van der Waals surface area (Å²) in [5.41, 5.74) is 2.18. The van der Waals surface area contributed by atoms with E-state index in [1.165, 1.54) is 12.1 Å². The van der Waals surface area contributed by atoms with Crippen LogP contribution in [0.4, 0.5) is 10.1 Å². The quantitative estimate of drug-likeness (QED) is 0.627. The zero-order valence-corrected chi connectivity index (χ0v) is 17.6. The molecule has 0 fully saturated rings. The number of fused-ring (bicyclic) bond motifs is 1. The Bertz CT molecular complexity index is 1100. The monoisotopic (exact) mass is 434 g/mol. The summed E-state index contributed by atoms with van der Waals surface area (Å²) >= 11 is 0. The minimum Gasteiger partial charge on any atom is -0.484 e. The number of amides is 2. The Labute approximate surface area is 185 Å². The third kappa shape index (κ3) is 5.06. The molecule has 1 aliphatic heterocycles. The smallest absolute Gasteiger partial charge is 0.262 e. The van der Waals surface area contributed by atoms with Crippen LogP contribution in [-0.2, 0) is 16.1 Å². The van der Waals surface area contributed by atoms with Gasteiger partial charge in [-0.15, -0.1) is 0 Å². The van der Waals surface area contributed by atoms with Crippen LogP contribution in [0.5, 0.6) is 11.5 Å². The van der Waals surface area contributed by atoms with Gasteiger partial charge in [-0.1, -0.05) is 30.3 Å². The van der Waals surface area contributed by atoms with Crippen LogP contribution in [0, 0.1) is 5.82 Å². The van der Waals surface area contributed by atoms with Gasteiger partial charge in [-0.25, -0.2) is 4.39 Å². The van der Waals surface area contributed by atoms with Crippen LogP contribution in [0.1, 0.15) is 24.1 Å². The van der Waals surface area contributed by atoms with Crippen LogP contribution in [0.15, 0.2) is 72.8 Å². The summed E-state index contributed by atoms with van der Waals surface area (Å²) in [7, 11) is 0. The standard InChI is InChI=1S/C25H23FN2O4/c1-17(18-7-9-20(26)10-8-18)28-14-19-13-21(11-12-23(19)32-16-25(28)30)27-24(29)15-31-22-5-3-2-4-6-22/h2-13,17H,14-16H2,1H3,(H,27,29). The first-order valence-corrected chi connectivity index (χ1v) is 10.3. The number of anilines is 1. The predicted molar refractivity (Wildman–Crippen MR) is 118 cm³/mol. The summed E-state index contributed by atoms with van der Waals surface area (Å²) in [5, 5.41) is 2.81. The van der Waals surface area contributed by atoms with Crippen molar-refractivity contribution in [3.05, 3.63) is 89.7 Å². The van der Waals surface area contributed by atoms with Crippen LogP contribution < -0.4 is 14.8 Å². The van der Waals surface area contributed by atoms with Crippen molar-refractivity contribution < 1.29 is 23.5 Å². The molecule has 0 spiro atoms. The van der Waals surface area contributed by atoms with Gasteiger partial charge in [0.05, 0.1) is 12.6 Å². The summed E-state index contributed by atoms with van der Waals surface area (Å²) in [6.45, 7) is 1.98.